The Labute approximate surface area is 195 Å². The van der Waals surface area contributed by atoms with E-state index in [4.69, 9.17) is 4.74 Å². The maximum Gasteiger partial charge on any atom is 0.269 e. The number of nitrogens with one attached hydrogen (secondary N) is 2. The number of H-pyrrole nitrogens is 1. The van der Waals surface area contributed by atoms with Crippen LogP contribution in [0, 0.1) is 10.1 Å². The first-order valence-corrected chi connectivity index (χ1v) is 11.4. The van der Waals surface area contributed by atoms with Crippen LogP contribution in [0.1, 0.15) is 18.4 Å². The van der Waals surface area contributed by atoms with Gasteiger partial charge in [0.1, 0.15) is 11.8 Å². The molecule has 34 heavy (non-hydrogen) atoms. The highest BCUT2D eigenvalue weighted by Crippen LogP contribution is 2.26. The van der Waals surface area contributed by atoms with E-state index in [0.29, 0.717) is 18.9 Å². The number of carbonyl (C=O) groups is 1. The van der Waals surface area contributed by atoms with Crippen molar-refractivity contribution in [3.8, 4) is 0 Å². The van der Waals surface area contributed by atoms with Gasteiger partial charge >= 0.3 is 0 Å². The number of piperidine rings is 1. The van der Waals surface area contributed by atoms with Crippen molar-refractivity contribution in [2.24, 2.45) is 0 Å². The molecule has 2 aliphatic rings. The number of hydrogen-bond acceptors (Lipinski definition) is 9. The van der Waals surface area contributed by atoms with Crippen molar-refractivity contribution in [3.05, 3.63) is 46.3 Å². The first-order chi connectivity index (χ1) is 16.6. The minimum Gasteiger partial charge on any atom is -0.378 e. The normalized spacial score (nSPS) is 17.2. The largest absolute Gasteiger partial charge is 0.378 e. The zero-order valence-electron chi connectivity index (χ0n) is 18.6. The molecule has 12 nitrogen and oxygen atoms in total. The highest BCUT2D eigenvalue weighted by molar-refractivity contribution is 5.85. The zero-order chi connectivity index (χ0) is 23.5. The first kappa shape index (κ1) is 22.0. The predicted octanol–water partition coefficient (Wildman–Crippen LogP) is 1.43. The number of imidazole rings is 1. The molecule has 0 spiro atoms. The summed E-state index contributed by atoms with van der Waals surface area (Å²) < 4.78 is 5.44. The third-order valence-electron chi connectivity index (χ3n) is 6.24. The number of nitro benzene ring substituents is 1. The van der Waals surface area contributed by atoms with Crippen LogP contribution in [-0.4, -0.2) is 76.2 Å². The molecule has 0 unspecified atom stereocenters. The third kappa shape index (κ3) is 4.76. The monoisotopic (exact) mass is 466 g/mol. The highest BCUT2D eigenvalue weighted by atomic mass is 16.6. The number of hydrogen-bond donors (Lipinski definition) is 2. The summed E-state index contributed by atoms with van der Waals surface area (Å²) >= 11 is 0. The molecule has 0 radical (unpaired) electrons. The topological polar surface area (TPSA) is 142 Å². The second kappa shape index (κ2) is 9.59. The van der Waals surface area contributed by atoms with Crippen LogP contribution < -0.4 is 15.1 Å². The number of amides is 1. The molecule has 3 aromatic rings. The van der Waals surface area contributed by atoms with E-state index in [9.17, 15) is 14.9 Å². The molecule has 12 heteroatoms. The second-order valence-corrected chi connectivity index (χ2v) is 8.48. The van der Waals surface area contributed by atoms with Crippen molar-refractivity contribution >= 4 is 34.5 Å². The highest BCUT2D eigenvalue weighted by Gasteiger charge is 2.24. The number of benzene rings is 1. The molecular weight excluding hydrogens is 440 g/mol. The number of nitro groups is 1. The number of ether oxygens (including phenoxy) is 1. The van der Waals surface area contributed by atoms with E-state index in [2.05, 4.69) is 35.1 Å². The predicted molar refractivity (Wildman–Crippen MR) is 125 cm³/mol. The van der Waals surface area contributed by atoms with Crippen molar-refractivity contribution in [1.82, 2.24) is 25.3 Å². The van der Waals surface area contributed by atoms with Crippen LogP contribution in [0.25, 0.3) is 11.2 Å². The minimum atomic E-state index is -0.449. The zero-order valence-corrected chi connectivity index (χ0v) is 18.6. The number of non-ortho nitro benzene ring substituents is 1. The van der Waals surface area contributed by atoms with E-state index in [1.807, 2.05) is 0 Å². The van der Waals surface area contributed by atoms with Gasteiger partial charge < -0.3 is 24.8 Å². The standard InChI is InChI=1S/C22H26N8O4/c31-18(13-15-1-3-17(4-2-15)30(32)33)25-16-5-7-29(8-6-16)22-26-19-20(27-22)23-14-24-21(19)28-9-11-34-12-10-28/h1-4,14,16H,5-13H2,(H,25,31)(H,23,24,26,27). The second-order valence-electron chi connectivity index (χ2n) is 8.48. The average molecular weight is 467 g/mol. The summed E-state index contributed by atoms with van der Waals surface area (Å²) in [5.74, 6) is 1.53. The lowest BCUT2D eigenvalue weighted by atomic mass is 10.0. The van der Waals surface area contributed by atoms with Gasteiger partial charge in [-0.25, -0.2) is 9.97 Å². The summed E-state index contributed by atoms with van der Waals surface area (Å²) in [7, 11) is 0. The Kier molecular flexibility index (Phi) is 6.21. The number of aromatic nitrogens is 4. The molecule has 0 aliphatic carbocycles. The summed E-state index contributed by atoms with van der Waals surface area (Å²) in [6.45, 7) is 4.42. The quantitative estimate of drug-likeness (QED) is 0.407. The van der Waals surface area contributed by atoms with E-state index < -0.39 is 4.92 Å². The Morgan fingerprint density at radius 2 is 1.85 bits per heavy atom. The van der Waals surface area contributed by atoms with Crippen LogP contribution in [0.4, 0.5) is 17.5 Å². The third-order valence-corrected chi connectivity index (χ3v) is 6.24. The van der Waals surface area contributed by atoms with Gasteiger partial charge in [0.05, 0.1) is 24.6 Å². The lowest BCUT2D eigenvalue weighted by Gasteiger charge is -2.32. The van der Waals surface area contributed by atoms with Crippen LogP contribution in [0.15, 0.2) is 30.6 Å². The molecule has 2 saturated heterocycles. The molecule has 1 aromatic carbocycles. The first-order valence-electron chi connectivity index (χ1n) is 11.4. The fourth-order valence-electron chi connectivity index (χ4n) is 4.40. The number of morpholine rings is 1. The molecule has 2 N–H and O–H groups in total. The smallest absolute Gasteiger partial charge is 0.269 e. The number of anilines is 2. The molecule has 178 valence electrons. The van der Waals surface area contributed by atoms with Gasteiger partial charge in [-0.3, -0.25) is 14.9 Å². The fourth-order valence-corrected chi connectivity index (χ4v) is 4.40. The molecule has 1 amide bonds. The van der Waals surface area contributed by atoms with Crippen LogP contribution in [-0.2, 0) is 16.0 Å². The molecule has 0 atom stereocenters. The molecule has 0 bridgehead atoms. The number of carbonyl (C=O) groups excluding carboxylic acids is 1. The summed E-state index contributed by atoms with van der Waals surface area (Å²) in [5.41, 5.74) is 2.24. The van der Waals surface area contributed by atoms with E-state index in [1.165, 1.54) is 12.1 Å². The summed E-state index contributed by atoms with van der Waals surface area (Å²) in [6.07, 6.45) is 3.34. The van der Waals surface area contributed by atoms with Gasteiger partial charge in [-0.2, -0.15) is 4.98 Å². The van der Waals surface area contributed by atoms with E-state index in [0.717, 1.165) is 61.9 Å². The number of fused-ring (bicyclic) bond motifs is 1. The van der Waals surface area contributed by atoms with Crippen LogP contribution >= 0.6 is 0 Å². The summed E-state index contributed by atoms with van der Waals surface area (Å²) in [6, 6.07) is 6.16. The Morgan fingerprint density at radius 3 is 2.56 bits per heavy atom. The molecular formula is C22H26N8O4. The van der Waals surface area contributed by atoms with Crippen LogP contribution in [0.2, 0.25) is 0 Å². The molecule has 4 heterocycles. The number of nitrogens with zero attached hydrogens (tertiary/aromatic N) is 6. The fraction of sp³-hybridized carbons (Fsp3) is 0.455. The Bertz CT molecular complexity index is 1170. The molecule has 2 fully saturated rings. The van der Waals surface area contributed by atoms with Gasteiger partial charge in [0.15, 0.2) is 11.5 Å². The lowest BCUT2D eigenvalue weighted by molar-refractivity contribution is -0.384. The Balaban J connectivity index is 1.17. The van der Waals surface area contributed by atoms with E-state index in [-0.39, 0.29) is 24.1 Å². The van der Waals surface area contributed by atoms with Crippen molar-refractivity contribution in [2.45, 2.75) is 25.3 Å². The van der Waals surface area contributed by atoms with Crippen molar-refractivity contribution in [3.63, 3.8) is 0 Å². The number of rotatable bonds is 6. The van der Waals surface area contributed by atoms with Crippen molar-refractivity contribution < 1.29 is 14.5 Å². The molecule has 2 aliphatic heterocycles. The van der Waals surface area contributed by atoms with Gasteiger partial charge in [0, 0.05) is 44.4 Å². The maximum atomic E-state index is 12.5. The van der Waals surface area contributed by atoms with E-state index in [1.54, 1.807) is 18.5 Å². The van der Waals surface area contributed by atoms with Gasteiger partial charge in [-0.05, 0) is 18.4 Å². The van der Waals surface area contributed by atoms with Gasteiger partial charge in [0.2, 0.25) is 11.9 Å². The van der Waals surface area contributed by atoms with Gasteiger partial charge in [-0.15, -0.1) is 0 Å². The summed E-state index contributed by atoms with van der Waals surface area (Å²) in [5, 5.41) is 13.9. The SMILES string of the molecule is O=C(Cc1ccc([N+](=O)[O-])cc1)NC1CCN(c2nc3ncnc(N4CCOCC4)c3[nH]2)CC1. The maximum absolute atomic E-state index is 12.5. The van der Waals surface area contributed by atoms with E-state index >= 15 is 0 Å². The summed E-state index contributed by atoms with van der Waals surface area (Å²) in [4.78, 5) is 44.0. The Morgan fingerprint density at radius 1 is 1.12 bits per heavy atom. The number of aromatic amines is 1. The molecule has 0 saturated carbocycles. The molecule has 5 rings (SSSR count). The minimum absolute atomic E-state index is 0.0187. The van der Waals surface area contributed by atoms with Gasteiger partial charge in [0.25, 0.3) is 5.69 Å². The van der Waals surface area contributed by atoms with Crippen LogP contribution in [0.3, 0.4) is 0 Å². The molecule has 2 aromatic heterocycles. The van der Waals surface area contributed by atoms with Gasteiger partial charge in [-0.1, -0.05) is 12.1 Å². The lowest BCUT2D eigenvalue weighted by Crippen LogP contribution is -2.45. The van der Waals surface area contributed by atoms with Crippen LogP contribution in [0.5, 0.6) is 0 Å². The Hall–Kier alpha value is -3.80. The average Bonchev–Trinajstić information content (AvgIpc) is 3.30. The van der Waals surface area contributed by atoms with Crippen molar-refractivity contribution in [1.29, 1.82) is 0 Å². The van der Waals surface area contributed by atoms with Crippen molar-refractivity contribution in [2.75, 3.05) is 49.2 Å².